The molecule has 1 aromatic carbocycles. The minimum Gasteiger partial charge on any atom is -0.321 e. The Labute approximate surface area is 120 Å². The number of nitrogens with one attached hydrogen (secondary N) is 1. The third-order valence-corrected chi connectivity index (χ3v) is 3.05. The first-order valence-electron chi connectivity index (χ1n) is 6.02. The molecular formula is C14H11ClN4O. The lowest BCUT2D eigenvalue weighted by atomic mass is 10.2. The van der Waals surface area contributed by atoms with Crippen molar-refractivity contribution in [2.45, 2.75) is 6.92 Å². The number of aromatic nitrogens is 3. The molecule has 6 heteroatoms. The largest absolute Gasteiger partial charge is 0.321 e. The van der Waals surface area contributed by atoms with Gasteiger partial charge in [-0.2, -0.15) is 5.10 Å². The Balaban J connectivity index is 1.84. The summed E-state index contributed by atoms with van der Waals surface area (Å²) in [5.74, 6) is 0.490. The molecular weight excluding hydrogens is 276 g/mol. The summed E-state index contributed by atoms with van der Waals surface area (Å²) in [6.45, 7) is 1.82. The maximum atomic E-state index is 12.1. The van der Waals surface area contributed by atoms with Crippen molar-refractivity contribution in [3.8, 4) is 0 Å². The highest BCUT2D eigenvalue weighted by Crippen LogP contribution is 2.13. The van der Waals surface area contributed by atoms with Crippen LogP contribution in [0.3, 0.4) is 0 Å². The van der Waals surface area contributed by atoms with Gasteiger partial charge in [-0.1, -0.05) is 11.6 Å². The van der Waals surface area contributed by atoms with E-state index >= 15 is 0 Å². The summed E-state index contributed by atoms with van der Waals surface area (Å²) in [6.07, 6.45) is 1.73. The number of aryl methyl sites for hydroxylation is 1. The van der Waals surface area contributed by atoms with Crippen LogP contribution in [0.1, 0.15) is 16.2 Å². The van der Waals surface area contributed by atoms with Crippen LogP contribution >= 0.6 is 11.6 Å². The maximum absolute atomic E-state index is 12.1. The molecule has 1 amide bonds. The number of amides is 1. The summed E-state index contributed by atoms with van der Waals surface area (Å²) in [5, 5.41) is 7.61. The molecule has 0 aliphatic heterocycles. The van der Waals surface area contributed by atoms with Crippen molar-refractivity contribution in [3.63, 3.8) is 0 Å². The molecule has 100 valence electrons. The van der Waals surface area contributed by atoms with Crippen LogP contribution < -0.4 is 5.32 Å². The normalized spacial score (nSPS) is 10.7. The van der Waals surface area contributed by atoms with Gasteiger partial charge in [-0.15, -0.1) is 0 Å². The van der Waals surface area contributed by atoms with E-state index in [9.17, 15) is 4.79 Å². The Morgan fingerprint density at radius 3 is 2.70 bits per heavy atom. The van der Waals surface area contributed by atoms with E-state index in [1.165, 1.54) is 0 Å². The topological polar surface area (TPSA) is 59.3 Å². The second kappa shape index (κ2) is 4.94. The second-order valence-corrected chi connectivity index (χ2v) is 4.78. The van der Waals surface area contributed by atoms with Gasteiger partial charge in [0.2, 0.25) is 0 Å². The molecule has 2 heterocycles. The van der Waals surface area contributed by atoms with E-state index in [1.54, 1.807) is 47.1 Å². The molecule has 0 aliphatic carbocycles. The van der Waals surface area contributed by atoms with Crippen molar-refractivity contribution in [1.29, 1.82) is 0 Å². The van der Waals surface area contributed by atoms with Gasteiger partial charge in [0.25, 0.3) is 5.91 Å². The molecule has 0 unspecified atom stereocenters. The molecule has 0 fully saturated rings. The van der Waals surface area contributed by atoms with Gasteiger partial charge in [0.15, 0.2) is 5.65 Å². The van der Waals surface area contributed by atoms with E-state index < -0.39 is 0 Å². The molecule has 0 saturated carbocycles. The van der Waals surface area contributed by atoms with Gasteiger partial charge < -0.3 is 5.32 Å². The lowest BCUT2D eigenvalue weighted by molar-refractivity contribution is 0.102. The molecule has 0 spiro atoms. The van der Waals surface area contributed by atoms with Crippen LogP contribution in [0.25, 0.3) is 5.65 Å². The molecule has 20 heavy (non-hydrogen) atoms. The first-order chi connectivity index (χ1) is 9.61. The van der Waals surface area contributed by atoms with Crippen LogP contribution in [0.15, 0.2) is 42.6 Å². The zero-order chi connectivity index (χ0) is 14.1. The van der Waals surface area contributed by atoms with Gasteiger partial charge in [-0.3, -0.25) is 4.79 Å². The van der Waals surface area contributed by atoms with Gasteiger partial charge in [0.05, 0.1) is 11.9 Å². The van der Waals surface area contributed by atoms with Gasteiger partial charge in [-0.25, -0.2) is 9.50 Å². The molecule has 0 radical (unpaired) electrons. The number of rotatable bonds is 2. The monoisotopic (exact) mass is 286 g/mol. The molecule has 0 atom stereocenters. The zero-order valence-corrected chi connectivity index (χ0v) is 11.4. The summed E-state index contributed by atoms with van der Waals surface area (Å²) in [6, 6.07) is 10.3. The number of hydrogen-bond acceptors (Lipinski definition) is 3. The first-order valence-corrected chi connectivity index (χ1v) is 6.39. The zero-order valence-electron chi connectivity index (χ0n) is 10.7. The number of fused-ring (bicyclic) bond motifs is 1. The molecule has 0 saturated heterocycles. The number of anilines is 1. The Bertz CT molecular complexity index is 779. The van der Waals surface area contributed by atoms with Crippen molar-refractivity contribution < 1.29 is 4.79 Å². The molecule has 0 aliphatic rings. The highest BCUT2D eigenvalue weighted by molar-refractivity contribution is 6.30. The number of carbonyl (C=O) groups excluding carboxylic acids is 1. The fourth-order valence-electron chi connectivity index (χ4n) is 1.87. The fraction of sp³-hybridized carbons (Fsp3) is 0.0714. The van der Waals surface area contributed by atoms with E-state index in [1.807, 2.05) is 6.92 Å². The van der Waals surface area contributed by atoms with Crippen LogP contribution in [-0.4, -0.2) is 20.5 Å². The fourth-order valence-corrected chi connectivity index (χ4v) is 2.00. The van der Waals surface area contributed by atoms with E-state index in [0.717, 1.165) is 5.65 Å². The Morgan fingerprint density at radius 1 is 1.20 bits per heavy atom. The van der Waals surface area contributed by atoms with E-state index in [2.05, 4.69) is 15.4 Å². The summed E-state index contributed by atoms with van der Waals surface area (Å²) in [5.41, 5.74) is 1.94. The number of carbonyl (C=O) groups is 1. The van der Waals surface area contributed by atoms with Gasteiger partial charge in [0, 0.05) is 10.6 Å². The molecule has 0 bridgehead atoms. The molecule has 1 N–H and O–H groups in total. The third kappa shape index (κ3) is 2.48. The average molecular weight is 287 g/mol. The van der Waals surface area contributed by atoms with Crippen LogP contribution in [-0.2, 0) is 0 Å². The lowest BCUT2D eigenvalue weighted by Crippen LogP contribution is -2.12. The summed E-state index contributed by atoms with van der Waals surface area (Å²) in [4.78, 5) is 16.3. The Hall–Kier alpha value is -2.40. The second-order valence-electron chi connectivity index (χ2n) is 4.34. The minimum atomic E-state index is -0.196. The van der Waals surface area contributed by atoms with Crippen molar-refractivity contribution in [3.05, 3.63) is 59.0 Å². The molecule has 2 aromatic heterocycles. The first kappa shape index (κ1) is 12.6. The Kier molecular flexibility index (Phi) is 3.12. The van der Waals surface area contributed by atoms with Crippen molar-refractivity contribution in [2.24, 2.45) is 0 Å². The maximum Gasteiger partial charge on any atom is 0.255 e. The van der Waals surface area contributed by atoms with Crippen molar-refractivity contribution >= 4 is 28.8 Å². The van der Waals surface area contributed by atoms with Crippen LogP contribution in [0.2, 0.25) is 5.02 Å². The van der Waals surface area contributed by atoms with Crippen LogP contribution in [0.4, 0.5) is 5.69 Å². The number of benzene rings is 1. The van der Waals surface area contributed by atoms with Crippen LogP contribution in [0.5, 0.6) is 0 Å². The van der Waals surface area contributed by atoms with Crippen LogP contribution in [0, 0.1) is 6.92 Å². The van der Waals surface area contributed by atoms with Crippen molar-refractivity contribution in [1.82, 2.24) is 14.6 Å². The summed E-state index contributed by atoms with van der Waals surface area (Å²) in [7, 11) is 0. The summed E-state index contributed by atoms with van der Waals surface area (Å²) >= 11 is 5.79. The van der Waals surface area contributed by atoms with Gasteiger partial charge in [-0.05, 0) is 43.3 Å². The van der Waals surface area contributed by atoms with E-state index in [-0.39, 0.29) is 5.91 Å². The lowest BCUT2D eigenvalue weighted by Gasteiger charge is -2.05. The quantitative estimate of drug-likeness (QED) is 0.788. The standard InChI is InChI=1S/C14H11ClN4O/c1-9-16-13-7-6-12(8-19(13)18-9)17-14(20)10-2-4-11(15)5-3-10/h2-8H,1H3,(H,17,20). The highest BCUT2D eigenvalue weighted by Gasteiger charge is 2.07. The number of nitrogens with zero attached hydrogens (tertiary/aromatic N) is 3. The predicted molar refractivity (Wildman–Crippen MR) is 77.1 cm³/mol. The number of pyridine rings is 1. The van der Waals surface area contributed by atoms with Gasteiger partial charge in [0.1, 0.15) is 5.82 Å². The van der Waals surface area contributed by atoms with Crippen molar-refractivity contribution in [2.75, 3.05) is 5.32 Å². The highest BCUT2D eigenvalue weighted by atomic mass is 35.5. The number of halogens is 1. The van der Waals surface area contributed by atoms with E-state index in [0.29, 0.717) is 22.1 Å². The molecule has 3 rings (SSSR count). The minimum absolute atomic E-state index is 0.196. The molecule has 5 nitrogen and oxygen atoms in total. The molecule has 3 aromatic rings. The number of hydrogen-bond donors (Lipinski definition) is 1. The van der Waals surface area contributed by atoms with Gasteiger partial charge >= 0.3 is 0 Å². The summed E-state index contributed by atoms with van der Waals surface area (Å²) < 4.78 is 1.63. The average Bonchev–Trinajstić information content (AvgIpc) is 2.78. The predicted octanol–water partition coefficient (Wildman–Crippen LogP) is 2.94. The third-order valence-electron chi connectivity index (χ3n) is 2.80. The van der Waals surface area contributed by atoms with E-state index in [4.69, 9.17) is 11.6 Å². The smallest absolute Gasteiger partial charge is 0.255 e. The SMILES string of the molecule is Cc1nc2ccc(NC(=O)c3ccc(Cl)cc3)cn2n1. The Morgan fingerprint density at radius 2 is 1.95 bits per heavy atom.